The Hall–Kier alpha value is -0.610. The van der Waals surface area contributed by atoms with Crippen LogP contribution in [0.15, 0.2) is 0 Å². The number of hydrogen-bond donors (Lipinski definition) is 2. The van der Waals surface area contributed by atoms with Gasteiger partial charge in [0, 0.05) is 19.3 Å². The number of carboxylic acids is 1. The molecule has 1 heterocycles. The van der Waals surface area contributed by atoms with Gasteiger partial charge in [-0.1, -0.05) is 19.8 Å². The summed E-state index contributed by atoms with van der Waals surface area (Å²) in [5.41, 5.74) is 0. The number of rotatable bonds is 7. The first-order chi connectivity index (χ1) is 8.15. The van der Waals surface area contributed by atoms with Crippen molar-refractivity contribution in [3.05, 3.63) is 0 Å². The maximum absolute atomic E-state index is 11.1. The number of carboxylic acid groups (broad SMARTS) is 1. The Bertz CT molecular complexity index is 227. The van der Waals surface area contributed by atoms with Crippen molar-refractivity contribution in [3.63, 3.8) is 0 Å². The first kappa shape index (κ1) is 14.5. The summed E-state index contributed by atoms with van der Waals surface area (Å²) in [5.74, 6) is -0.176. The Morgan fingerprint density at radius 1 is 1.47 bits per heavy atom. The number of aliphatic carboxylic acids is 1. The molecule has 0 aromatic carbocycles. The summed E-state index contributed by atoms with van der Waals surface area (Å²) in [6.45, 7) is 5.80. The van der Waals surface area contributed by atoms with E-state index in [0.29, 0.717) is 5.92 Å². The highest BCUT2D eigenvalue weighted by atomic mass is 16.5. The van der Waals surface area contributed by atoms with Crippen molar-refractivity contribution >= 4 is 5.97 Å². The van der Waals surface area contributed by atoms with Crippen LogP contribution in [0.25, 0.3) is 0 Å². The fourth-order valence-corrected chi connectivity index (χ4v) is 2.36. The van der Waals surface area contributed by atoms with E-state index in [0.717, 1.165) is 45.3 Å². The molecule has 1 aliphatic heterocycles. The van der Waals surface area contributed by atoms with Gasteiger partial charge in [-0.3, -0.25) is 4.79 Å². The van der Waals surface area contributed by atoms with E-state index in [1.54, 1.807) is 0 Å². The van der Waals surface area contributed by atoms with E-state index in [9.17, 15) is 4.79 Å². The summed E-state index contributed by atoms with van der Waals surface area (Å²) in [4.78, 5) is 11.1. The number of carbonyl (C=O) groups is 1. The summed E-state index contributed by atoms with van der Waals surface area (Å²) >= 11 is 0. The fraction of sp³-hybridized carbons (Fsp3) is 0.923. The Kier molecular flexibility index (Phi) is 6.52. The largest absolute Gasteiger partial charge is 0.480 e. The molecule has 1 aliphatic rings. The summed E-state index contributed by atoms with van der Waals surface area (Å²) in [7, 11) is 0. The minimum absolute atomic E-state index is 0.261. The minimum atomic E-state index is -0.725. The first-order valence-electron chi connectivity index (χ1n) is 6.71. The maximum atomic E-state index is 11.1. The molecule has 2 N–H and O–H groups in total. The molecule has 0 amide bonds. The molecular weight excluding hydrogens is 218 g/mol. The van der Waals surface area contributed by atoms with E-state index >= 15 is 0 Å². The monoisotopic (exact) mass is 243 g/mol. The van der Waals surface area contributed by atoms with E-state index in [-0.39, 0.29) is 6.04 Å². The molecule has 0 spiro atoms. The van der Waals surface area contributed by atoms with Gasteiger partial charge >= 0.3 is 5.97 Å². The van der Waals surface area contributed by atoms with E-state index in [1.807, 2.05) is 0 Å². The Morgan fingerprint density at radius 2 is 2.12 bits per heavy atom. The second-order valence-corrected chi connectivity index (χ2v) is 4.94. The minimum Gasteiger partial charge on any atom is -0.480 e. The molecule has 4 heteroatoms. The summed E-state index contributed by atoms with van der Waals surface area (Å²) < 4.78 is 5.32. The van der Waals surface area contributed by atoms with Gasteiger partial charge in [0.25, 0.3) is 0 Å². The van der Waals surface area contributed by atoms with Crippen molar-refractivity contribution in [1.29, 1.82) is 0 Å². The van der Waals surface area contributed by atoms with E-state index < -0.39 is 12.0 Å². The number of ether oxygens (including phenoxy) is 1. The smallest absolute Gasteiger partial charge is 0.320 e. The van der Waals surface area contributed by atoms with Crippen LogP contribution in [0.2, 0.25) is 0 Å². The third-order valence-electron chi connectivity index (χ3n) is 3.58. The number of hydrogen-bond acceptors (Lipinski definition) is 3. The standard InChI is InChI=1S/C13H25NO3/c1-3-4-5-12(13(15)16)14-10(2)11-6-8-17-9-7-11/h10-12,14H,3-9H2,1-2H3,(H,15,16). The molecule has 0 aliphatic carbocycles. The topological polar surface area (TPSA) is 58.6 Å². The molecule has 1 fully saturated rings. The van der Waals surface area contributed by atoms with Crippen LogP contribution in [-0.2, 0) is 9.53 Å². The first-order valence-corrected chi connectivity index (χ1v) is 6.71. The highest BCUT2D eigenvalue weighted by molar-refractivity contribution is 5.73. The Labute approximate surface area is 104 Å². The van der Waals surface area contributed by atoms with Crippen LogP contribution < -0.4 is 5.32 Å². The van der Waals surface area contributed by atoms with E-state index in [2.05, 4.69) is 19.2 Å². The van der Waals surface area contributed by atoms with Crippen molar-refractivity contribution in [2.24, 2.45) is 5.92 Å². The van der Waals surface area contributed by atoms with Crippen LogP contribution in [0.1, 0.15) is 46.0 Å². The van der Waals surface area contributed by atoms with Crippen LogP contribution >= 0.6 is 0 Å². The molecule has 2 atom stereocenters. The van der Waals surface area contributed by atoms with Crippen molar-refractivity contribution in [3.8, 4) is 0 Å². The highest BCUT2D eigenvalue weighted by Gasteiger charge is 2.25. The Morgan fingerprint density at radius 3 is 2.65 bits per heavy atom. The average Bonchev–Trinajstić information content (AvgIpc) is 2.35. The Balaban J connectivity index is 2.38. The van der Waals surface area contributed by atoms with Gasteiger partial charge in [0.2, 0.25) is 0 Å². The third-order valence-corrected chi connectivity index (χ3v) is 3.58. The lowest BCUT2D eigenvalue weighted by atomic mass is 9.92. The molecule has 0 radical (unpaired) electrons. The van der Waals surface area contributed by atoms with Crippen LogP contribution in [0.4, 0.5) is 0 Å². The van der Waals surface area contributed by atoms with Crippen molar-refractivity contribution in [2.45, 2.75) is 58.0 Å². The van der Waals surface area contributed by atoms with Gasteiger partial charge in [0.05, 0.1) is 0 Å². The molecule has 0 saturated carbocycles. The average molecular weight is 243 g/mol. The van der Waals surface area contributed by atoms with Gasteiger partial charge in [-0.15, -0.1) is 0 Å². The SMILES string of the molecule is CCCCC(NC(C)C1CCOCC1)C(=O)O. The van der Waals surface area contributed by atoms with Crippen LogP contribution in [0, 0.1) is 5.92 Å². The third kappa shape index (κ3) is 5.04. The zero-order valence-corrected chi connectivity index (χ0v) is 10.9. The second kappa shape index (κ2) is 7.67. The van der Waals surface area contributed by atoms with Gasteiger partial charge in [0.15, 0.2) is 0 Å². The predicted octanol–water partition coefficient (Wildman–Crippen LogP) is 2.03. The van der Waals surface area contributed by atoms with Gasteiger partial charge in [-0.2, -0.15) is 0 Å². The van der Waals surface area contributed by atoms with Crippen molar-refractivity contribution < 1.29 is 14.6 Å². The summed E-state index contributed by atoms with van der Waals surface area (Å²) in [6.07, 6.45) is 4.80. The fourth-order valence-electron chi connectivity index (χ4n) is 2.36. The molecule has 100 valence electrons. The van der Waals surface area contributed by atoms with E-state index in [4.69, 9.17) is 9.84 Å². The van der Waals surface area contributed by atoms with Gasteiger partial charge in [-0.25, -0.2) is 0 Å². The maximum Gasteiger partial charge on any atom is 0.320 e. The molecule has 0 bridgehead atoms. The number of nitrogens with one attached hydrogen (secondary N) is 1. The van der Waals surface area contributed by atoms with Gasteiger partial charge in [0.1, 0.15) is 6.04 Å². The molecule has 17 heavy (non-hydrogen) atoms. The molecule has 4 nitrogen and oxygen atoms in total. The molecule has 0 aromatic heterocycles. The molecule has 2 unspecified atom stereocenters. The highest BCUT2D eigenvalue weighted by Crippen LogP contribution is 2.19. The molecule has 1 saturated heterocycles. The summed E-state index contributed by atoms with van der Waals surface area (Å²) in [6, 6.07) is -0.135. The predicted molar refractivity (Wildman–Crippen MR) is 67.1 cm³/mol. The normalized spacial score (nSPS) is 21.1. The molecule has 0 aromatic rings. The van der Waals surface area contributed by atoms with Gasteiger partial charge < -0.3 is 15.2 Å². The van der Waals surface area contributed by atoms with Crippen molar-refractivity contribution in [2.75, 3.05) is 13.2 Å². The lowest BCUT2D eigenvalue weighted by Crippen LogP contribution is -2.46. The zero-order chi connectivity index (χ0) is 12.7. The summed E-state index contributed by atoms with van der Waals surface area (Å²) in [5, 5.41) is 12.4. The quantitative estimate of drug-likeness (QED) is 0.718. The van der Waals surface area contributed by atoms with Crippen LogP contribution in [0.3, 0.4) is 0 Å². The molecule has 1 rings (SSSR count). The van der Waals surface area contributed by atoms with Crippen LogP contribution in [0.5, 0.6) is 0 Å². The van der Waals surface area contributed by atoms with Crippen LogP contribution in [-0.4, -0.2) is 36.4 Å². The van der Waals surface area contributed by atoms with E-state index in [1.165, 1.54) is 0 Å². The lowest BCUT2D eigenvalue weighted by Gasteiger charge is -2.30. The van der Waals surface area contributed by atoms with Crippen molar-refractivity contribution in [1.82, 2.24) is 5.32 Å². The second-order valence-electron chi connectivity index (χ2n) is 4.94. The lowest BCUT2D eigenvalue weighted by molar-refractivity contribution is -0.140. The zero-order valence-electron chi connectivity index (χ0n) is 10.9. The molecular formula is C13H25NO3. The number of unbranched alkanes of at least 4 members (excludes halogenated alkanes) is 1. The van der Waals surface area contributed by atoms with Gasteiger partial charge in [-0.05, 0) is 32.1 Å².